The molecule has 0 atom stereocenters. The number of aromatic nitrogens is 4. The lowest BCUT2D eigenvalue weighted by atomic mass is 10.2. The number of hydrogen-bond acceptors (Lipinski definition) is 5. The molecular formula is C14H15N5S. The molecule has 3 aromatic rings. The van der Waals surface area contributed by atoms with Crippen LogP contribution in [0.1, 0.15) is 17.0 Å². The normalized spacial score (nSPS) is 11.2. The molecule has 2 aromatic heterocycles. The number of fused-ring (bicyclic) bond motifs is 1. The van der Waals surface area contributed by atoms with Gasteiger partial charge in [-0.3, -0.25) is 0 Å². The first-order valence-corrected chi connectivity index (χ1v) is 7.14. The highest BCUT2D eigenvalue weighted by Gasteiger charge is 2.08. The molecule has 0 unspecified atom stereocenters. The van der Waals surface area contributed by atoms with Gasteiger partial charge in [0.25, 0.3) is 0 Å². The molecule has 5 nitrogen and oxygen atoms in total. The minimum Gasteiger partial charge on any atom is -0.333 e. The number of nitrogens with one attached hydrogen (secondary N) is 1. The van der Waals surface area contributed by atoms with Crippen molar-refractivity contribution in [3.63, 3.8) is 0 Å². The Bertz CT molecular complexity index is 765. The van der Waals surface area contributed by atoms with Gasteiger partial charge in [0.1, 0.15) is 0 Å². The van der Waals surface area contributed by atoms with Crippen LogP contribution in [0.25, 0.3) is 11.0 Å². The van der Waals surface area contributed by atoms with Crippen molar-refractivity contribution in [2.24, 2.45) is 5.73 Å². The molecule has 102 valence electrons. The summed E-state index contributed by atoms with van der Waals surface area (Å²) in [7, 11) is 0. The molecule has 0 spiro atoms. The van der Waals surface area contributed by atoms with Crippen LogP contribution in [0.3, 0.4) is 0 Å². The van der Waals surface area contributed by atoms with E-state index < -0.39 is 0 Å². The molecule has 3 N–H and O–H groups in total. The third-order valence-corrected chi connectivity index (χ3v) is 3.65. The molecule has 6 heteroatoms. The second-order valence-electron chi connectivity index (χ2n) is 4.65. The van der Waals surface area contributed by atoms with Gasteiger partial charge in [-0.15, -0.1) is 0 Å². The van der Waals surface area contributed by atoms with Crippen molar-refractivity contribution < 1.29 is 0 Å². The minimum absolute atomic E-state index is 0.413. The van der Waals surface area contributed by atoms with Crippen LogP contribution in [0.5, 0.6) is 0 Å². The lowest BCUT2D eigenvalue weighted by Crippen LogP contribution is -2.02. The molecule has 0 aliphatic heterocycles. The van der Waals surface area contributed by atoms with E-state index >= 15 is 0 Å². The number of aryl methyl sites for hydroxylation is 2. The molecular weight excluding hydrogens is 270 g/mol. The van der Waals surface area contributed by atoms with Crippen LogP contribution < -0.4 is 5.73 Å². The molecule has 0 fully saturated rings. The Kier molecular flexibility index (Phi) is 3.42. The molecule has 20 heavy (non-hydrogen) atoms. The van der Waals surface area contributed by atoms with E-state index in [9.17, 15) is 0 Å². The Hall–Kier alpha value is -1.92. The number of nitrogens with zero attached hydrogens (tertiary/aromatic N) is 3. The fraction of sp³-hybridized carbons (Fsp3) is 0.214. The van der Waals surface area contributed by atoms with E-state index in [1.807, 2.05) is 25.1 Å². The molecule has 0 aliphatic carbocycles. The van der Waals surface area contributed by atoms with E-state index in [1.54, 1.807) is 0 Å². The van der Waals surface area contributed by atoms with Gasteiger partial charge in [-0.05, 0) is 49.4 Å². The monoisotopic (exact) mass is 285 g/mol. The Balaban J connectivity index is 1.94. The maximum Gasteiger partial charge on any atom is 0.195 e. The maximum absolute atomic E-state index is 5.64. The van der Waals surface area contributed by atoms with Crippen LogP contribution in [0.2, 0.25) is 0 Å². The van der Waals surface area contributed by atoms with Crippen molar-refractivity contribution in [1.82, 2.24) is 19.9 Å². The van der Waals surface area contributed by atoms with Crippen molar-refractivity contribution in [3.05, 3.63) is 41.2 Å². The van der Waals surface area contributed by atoms with Gasteiger partial charge >= 0.3 is 0 Å². The summed E-state index contributed by atoms with van der Waals surface area (Å²) in [5.41, 5.74) is 10.6. The van der Waals surface area contributed by atoms with Gasteiger partial charge in [0.2, 0.25) is 0 Å². The first kappa shape index (κ1) is 13.1. The zero-order valence-corrected chi connectivity index (χ0v) is 12.2. The summed E-state index contributed by atoms with van der Waals surface area (Å²) in [5.74, 6) is 0. The minimum atomic E-state index is 0.413. The van der Waals surface area contributed by atoms with Gasteiger partial charge < -0.3 is 10.7 Å². The summed E-state index contributed by atoms with van der Waals surface area (Å²) in [6, 6.07) is 8.03. The van der Waals surface area contributed by atoms with Crippen LogP contribution in [0.4, 0.5) is 0 Å². The van der Waals surface area contributed by atoms with E-state index in [0.29, 0.717) is 11.7 Å². The Labute approximate surface area is 121 Å². The summed E-state index contributed by atoms with van der Waals surface area (Å²) in [5, 5.41) is 1.46. The zero-order chi connectivity index (χ0) is 14.1. The quantitative estimate of drug-likeness (QED) is 0.723. The highest BCUT2D eigenvalue weighted by Crippen LogP contribution is 2.25. The lowest BCUT2D eigenvalue weighted by Gasteiger charge is -2.01. The van der Waals surface area contributed by atoms with Crippen molar-refractivity contribution in [1.29, 1.82) is 0 Å². The fourth-order valence-corrected chi connectivity index (χ4v) is 2.82. The summed E-state index contributed by atoms with van der Waals surface area (Å²) < 4.78 is 0. The molecule has 0 bridgehead atoms. The molecule has 1 aromatic carbocycles. The van der Waals surface area contributed by atoms with Crippen LogP contribution in [0.15, 0.2) is 34.6 Å². The summed E-state index contributed by atoms with van der Waals surface area (Å²) in [6.45, 7) is 4.41. The Morgan fingerprint density at radius 1 is 1.15 bits per heavy atom. The van der Waals surface area contributed by atoms with Crippen LogP contribution in [-0.2, 0) is 6.54 Å². The van der Waals surface area contributed by atoms with Crippen molar-refractivity contribution in [2.75, 3.05) is 0 Å². The third-order valence-electron chi connectivity index (χ3n) is 2.90. The molecule has 2 heterocycles. The summed E-state index contributed by atoms with van der Waals surface area (Å²) >= 11 is 1.42. The summed E-state index contributed by atoms with van der Waals surface area (Å²) in [6.07, 6.45) is 0. The van der Waals surface area contributed by atoms with Crippen molar-refractivity contribution >= 4 is 22.8 Å². The average Bonchev–Trinajstić information content (AvgIpc) is 2.79. The smallest absolute Gasteiger partial charge is 0.195 e. The lowest BCUT2D eigenvalue weighted by molar-refractivity contribution is 0.851. The van der Waals surface area contributed by atoms with E-state index in [2.05, 4.69) is 32.9 Å². The number of hydrogen-bond donors (Lipinski definition) is 2. The first-order chi connectivity index (χ1) is 9.64. The van der Waals surface area contributed by atoms with E-state index in [-0.39, 0.29) is 0 Å². The van der Waals surface area contributed by atoms with Crippen molar-refractivity contribution in [2.45, 2.75) is 30.7 Å². The highest BCUT2D eigenvalue weighted by molar-refractivity contribution is 7.99. The SMILES string of the molecule is Cc1ccc2nc(Sc3nc(C)cc(CN)n3)[nH]c2c1. The third kappa shape index (κ3) is 2.66. The molecule has 3 rings (SSSR count). The predicted octanol–water partition coefficient (Wildman–Crippen LogP) is 2.58. The topological polar surface area (TPSA) is 80.5 Å². The van der Waals surface area contributed by atoms with Crippen LogP contribution in [0, 0.1) is 13.8 Å². The first-order valence-electron chi connectivity index (χ1n) is 6.33. The molecule has 0 radical (unpaired) electrons. The number of rotatable bonds is 3. The fourth-order valence-electron chi connectivity index (χ4n) is 1.99. The summed E-state index contributed by atoms with van der Waals surface area (Å²) in [4.78, 5) is 16.6. The van der Waals surface area contributed by atoms with Gasteiger partial charge in [-0.25, -0.2) is 15.0 Å². The second kappa shape index (κ2) is 5.22. The highest BCUT2D eigenvalue weighted by atomic mass is 32.2. The van der Waals surface area contributed by atoms with Gasteiger partial charge in [-0.1, -0.05) is 6.07 Å². The Morgan fingerprint density at radius 3 is 2.80 bits per heavy atom. The van der Waals surface area contributed by atoms with Crippen LogP contribution >= 0.6 is 11.8 Å². The van der Waals surface area contributed by atoms with Crippen LogP contribution in [-0.4, -0.2) is 19.9 Å². The number of H-pyrrole nitrogens is 1. The van der Waals surface area contributed by atoms with Gasteiger partial charge in [0, 0.05) is 12.2 Å². The average molecular weight is 285 g/mol. The van der Waals surface area contributed by atoms with Gasteiger partial charge in [0.05, 0.1) is 16.7 Å². The molecule has 0 amide bonds. The second-order valence-corrected chi connectivity index (χ2v) is 5.61. The van der Waals surface area contributed by atoms with E-state index in [1.165, 1.54) is 17.3 Å². The van der Waals surface area contributed by atoms with Gasteiger partial charge in [0.15, 0.2) is 10.3 Å². The molecule has 0 aliphatic rings. The predicted molar refractivity (Wildman–Crippen MR) is 79.6 cm³/mol. The Morgan fingerprint density at radius 2 is 2.00 bits per heavy atom. The number of imidazole rings is 1. The number of benzene rings is 1. The maximum atomic E-state index is 5.64. The largest absolute Gasteiger partial charge is 0.333 e. The standard InChI is InChI=1S/C14H15N5S/c1-8-3-4-11-12(5-8)19-14(18-11)20-13-16-9(2)6-10(7-15)17-13/h3-6H,7,15H2,1-2H3,(H,18,19). The number of aromatic amines is 1. The van der Waals surface area contributed by atoms with E-state index in [4.69, 9.17) is 5.73 Å². The zero-order valence-electron chi connectivity index (χ0n) is 11.3. The number of nitrogens with two attached hydrogens (primary N) is 1. The molecule has 0 saturated carbocycles. The van der Waals surface area contributed by atoms with Crippen molar-refractivity contribution in [3.8, 4) is 0 Å². The van der Waals surface area contributed by atoms with Gasteiger partial charge in [-0.2, -0.15) is 0 Å². The molecule has 0 saturated heterocycles. The van der Waals surface area contributed by atoms with E-state index in [0.717, 1.165) is 27.6 Å².